The molecule has 0 amide bonds. The van der Waals surface area contributed by atoms with E-state index >= 15 is 0 Å². The van der Waals surface area contributed by atoms with Gasteiger partial charge in [0.05, 0.1) is 12.6 Å². The molecular weight excluding hydrogens is 224 g/mol. The first-order chi connectivity index (χ1) is 8.74. The van der Waals surface area contributed by atoms with Gasteiger partial charge in [0, 0.05) is 19.6 Å². The van der Waals surface area contributed by atoms with Crippen molar-refractivity contribution in [3.63, 3.8) is 0 Å². The zero-order valence-electron chi connectivity index (χ0n) is 11.4. The minimum absolute atomic E-state index is 0.145. The Bertz CT molecular complexity index is 364. The Morgan fingerprint density at radius 3 is 2.61 bits per heavy atom. The number of aryl methyl sites for hydroxylation is 2. The van der Waals surface area contributed by atoms with Crippen molar-refractivity contribution in [3.05, 3.63) is 34.9 Å². The highest BCUT2D eigenvalue weighted by molar-refractivity contribution is 5.36. The molecule has 1 atom stereocenters. The molecule has 0 bridgehead atoms. The van der Waals surface area contributed by atoms with Crippen LogP contribution in [0.25, 0.3) is 0 Å². The highest BCUT2D eigenvalue weighted by Gasteiger charge is 2.23. The van der Waals surface area contributed by atoms with Gasteiger partial charge >= 0.3 is 0 Å². The summed E-state index contributed by atoms with van der Waals surface area (Å²) in [4.78, 5) is 2.41. The largest absolute Gasteiger partial charge is 0.394 e. The van der Waals surface area contributed by atoms with Gasteiger partial charge in [-0.25, -0.2) is 0 Å². The number of nitrogens with zero attached hydrogens (tertiary/aromatic N) is 1. The molecule has 1 aromatic rings. The monoisotopic (exact) mass is 248 g/mol. The van der Waals surface area contributed by atoms with E-state index < -0.39 is 0 Å². The summed E-state index contributed by atoms with van der Waals surface area (Å²) in [5.74, 6) is 0. The van der Waals surface area contributed by atoms with Gasteiger partial charge in [-0.3, -0.25) is 4.90 Å². The Balaban J connectivity index is 2.26. The van der Waals surface area contributed by atoms with Crippen LogP contribution in [0.1, 0.15) is 29.2 Å². The summed E-state index contributed by atoms with van der Waals surface area (Å²) < 4.78 is 0. The summed E-state index contributed by atoms with van der Waals surface area (Å²) in [6, 6.07) is 6.51. The number of aliphatic hydroxyl groups is 1. The van der Waals surface area contributed by atoms with E-state index in [1.807, 2.05) is 0 Å². The Morgan fingerprint density at radius 2 is 1.94 bits per heavy atom. The van der Waals surface area contributed by atoms with Crippen LogP contribution in [-0.4, -0.2) is 42.8 Å². The number of hydrogen-bond acceptors (Lipinski definition) is 3. The van der Waals surface area contributed by atoms with Crippen LogP contribution in [0.3, 0.4) is 0 Å². The van der Waals surface area contributed by atoms with Crippen molar-refractivity contribution in [2.24, 2.45) is 0 Å². The Morgan fingerprint density at radius 1 is 1.22 bits per heavy atom. The molecule has 1 aliphatic heterocycles. The van der Waals surface area contributed by atoms with Crippen LogP contribution >= 0.6 is 0 Å². The molecule has 0 spiro atoms. The third-order valence-electron chi connectivity index (χ3n) is 3.86. The molecule has 2 N–H and O–H groups in total. The van der Waals surface area contributed by atoms with E-state index in [4.69, 9.17) is 0 Å². The van der Waals surface area contributed by atoms with Crippen molar-refractivity contribution in [1.29, 1.82) is 0 Å². The third-order valence-corrected chi connectivity index (χ3v) is 3.86. The standard InChI is InChI=1S/C15H24N2O/c1-12-5-3-6-13(2)15(12)14(11-18)17-9-4-7-16-8-10-17/h3,5-6,14,16,18H,4,7-11H2,1-2H3. The molecule has 18 heavy (non-hydrogen) atoms. The number of benzene rings is 1. The van der Waals surface area contributed by atoms with Crippen molar-refractivity contribution < 1.29 is 5.11 Å². The molecule has 3 heteroatoms. The van der Waals surface area contributed by atoms with Crippen molar-refractivity contribution in [2.75, 3.05) is 32.8 Å². The topological polar surface area (TPSA) is 35.5 Å². The molecule has 0 aliphatic carbocycles. The molecule has 2 rings (SSSR count). The van der Waals surface area contributed by atoms with E-state index in [-0.39, 0.29) is 12.6 Å². The fourth-order valence-electron chi connectivity index (χ4n) is 2.92. The molecule has 1 heterocycles. The molecule has 1 aromatic carbocycles. The number of rotatable bonds is 3. The maximum absolute atomic E-state index is 9.81. The third kappa shape index (κ3) is 2.91. The number of nitrogens with one attached hydrogen (secondary N) is 1. The SMILES string of the molecule is Cc1cccc(C)c1C(CO)N1CCCNCC1. The smallest absolute Gasteiger partial charge is 0.0628 e. The minimum atomic E-state index is 0.145. The lowest BCUT2D eigenvalue weighted by molar-refractivity contribution is 0.129. The van der Waals surface area contributed by atoms with Crippen LogP contribution in [0, 0.1) is 13.8 Å². The first kappa shape index (κ1) is 13.5. The first-order valence-corrected chi connectivity index (χ1v) is 6.85. The lowest BCUT2D eigenvalue weighted by atomic mass is 9.95. The lowest BCUT2D eigenvalue weighted by Crippen LogP contribution is -2.35. The van der Waals surface area contributed by atoms with Crippen molar-refractivity contribution >= 4 is 0 Å². The molecule has 100 valence electrons. The summed E-state index contributed by atoms with van der Waals surface area (Å²) in [6.45, 7) is 8.65. The zero-order valence-corrected chi connectivity index (χ0v) is 11.4. The minimum Gasteiger partial charge on any atom is -0.394 e. The average molecular weight is 248 g/mol. The van der Waals surface area contributed by atoms with Crippen LogP contribution in [0.5, 0.6) is 0 Å². The molecule has 0 radical (unpaired) electrons. The Hall–Kier alpha value is -0.900. The fraction of sp³-hybridized carbons (Fsp3) is 0.600. The number of aliphatic hydroxyl groups excluding tert-OH is 1. The molecule has 0 aromatic heterocycles. The first-order valence-electron chi connectivity index (χ1n) is 6.85. The Labute approximate surface area is 110 Å². The highest BCUT2D eigenvalue weighted by atomic mass is 16.3. The van der Waals surface area contributed by atoms with E-state index in [9.17, 15) is 5.11 Å². The van der Waals surface area contributed by atoms with Gasteiger partial charge in [0.15, 0.2) is 0 Å². The van der Waals surface area contributed by atoms with Gasteiger partial charge in [-0.2, -0.15) is 0 Å². The van der Waals surface area contributed by atoms with Gasteiger partial charge in [0.25, 0.3) is 0 Å². The van der Waals surface area contributed by atoms with Gasteiger partial charge in [0.2, 0.25) is 0 Å². The predicted octanol–water partition coefficient (Wildman–Crippen LogP) is 1.63. The summed E-state index contributed by atoms with van der Waals surface area (Å²) in [5, 5.41) is 13.2. The molecule has 1 saturated heterocycles. The maximum atomic E-state index is 9.81. The maximum Gasteiger partial charge on any atom is 0.0628 e. The molecular formula is C15H24N2O. The summed E-state index contributed by atoms with van der Waals surface area (Å²) >= 11 is 0. The highest BCUT2D eigenvalue weighted by Crippen LogP contribution is 2.27. The fourth-order valence-corrected chi connectivity index (χ4v) is 2.92. The van der Waals surface area contributed by atoms with Crippen LogP contribution in [-0.2, 0) is 0 Å². The number of hydrogen-bond donors (Lipinski definition) is 2. The van der Waals surface area contributed by atoms with Gasteiger partial charge in [-0.15, -0.1) is 0 Å². The lowest BCUT2D eigenvalue weighted by Gasteiger charge is -2.31. The van der Waals surface area contributed by atoms with Gasteiger partial charge < -0.3 is 10.4 Å². The second-order valence-corrected chi connectivity index (χ2v) is 5.14. The van der Waals surface area contributed by atoms with E-state index in [1.165, 1.54) is 16.7 Å². The van der Waals surface area contributed by atoms with Crippen LogP contribution < -0.4 is 5.32 Å². The summed E-state index contributed by atoms with van der Waals surface area (Å²) in [6.07, 6.45) is 1.15. The van der Waals surface area contributed by atoms with Crippen LogP contribution in [0.15, 0.2) is 18.2 Å². The van der Waals surface area contributed by atoms with Crippen molar-refractivity contribution in [2.45, 2.75) is 26.3 Å². The molecule has 3 nitrogen and oxygen atoms in total. The quantitative estimate of drug-likeness (QED) is 0.853. The molecule has 1 fully saturated rings. The zero-order chi connectivity index (χ0) is 13.0. The van der Waals surface area contributed by atoms with Crippen LogP contribution in [0.2, 0.25) is 0 Å². The van der Waals surface area contributed by atoms with E-state index in [0.717, 1.165) is 32.6 Å². The van der Waals surface area contributed by atoms with E-state index in [0.29, 0.717) is 0 Å². The van der Waals surface area contributed by atoms with Crippen molar-refractivity contribution in [3.8, 4) is 0 Å². The molecule has 1 aliphatic rings. The van der Waals surface area contributed by atoms with E-state index in [2.05, 4.69) is 42.3 Å². The second kappa shape index (κ2) is 6.32. The normalized spacial score (nSPS) is 19.5. The van der Waals surface area contributed by atoms with Crippen molar-refractivity contribution in [1.82, 2.24) is 10.2 Å². The van der Waals surface area contributed by atoms with Crippen LogP contribution in [0.4, 0.5) is 0 Å². The predicted molar refractivity (Wildman–Crippen MR) is 74.8 cm³/mol. The average Bonchev–Trinajstić information content (AvgIpc) is 2.63. The molecule has 1 unspecified atom stereocenters. The Kier molecular flexibility index (Phi) is 4.75. The van der Waals surface area contributed by atoms with E-state index in [1.54, 1.807) is 0 Å². The summed E-state index contributed by atoms with van der Waals surface area (Å²) in [5.41, 5.74) is 3.87. The van der Waals surface area contributed by atoms with Gasteiger partial charge in [0.1, 0.15) is 0 Å². The molecule has 0 saturated carbocycles. The van der Waals surface area contributed by atoms with Gasteiger partial charge in [-0.1, -0.05) is 18.2 Å². The summed E-state index contributed by atoms with van der Waals surface area (Å²) in [7, 11) is 0. The van der Waals surface area contributed by atoms with Gasteiger partial charge in [-0.05, 0) is 43.5 Å². The second-order valence-electron chi connectivity index (χ2n) is 5.14.